The number of piperidine rings is 1. The quantitative estimate of drug-likeness (QED) is 0.696. The second-order valence-corrected chi connectivity index (χ2v) is 8.00. The normalized spacial score (nSPS) is 24.8. The van der Waals surface area contributed by atoms with Crippen molar-refractivity contribution in [3.05, 3.63) is 95.1 Å². The van der Waals surface area contributed by atoms with Crippen molar-refractivity contribution in [3.8, 4) is 11.5 Å². The van der Waals surface area contributed by atoms with E-state index in [9.17, 15) is 4.79 Å². The van der Waals surface area contributed by atoms with Gasteiger partial charge in [0.2, 0.25) is 0 Å². The zero-order valence-corrected chi connectivity index (χ0v) is 17.2. The molecule has 3 aromatic rings. The second kappa shape index (κ2) is 7.62. The molecule has 152 valence electrons. The largest absolute Gasteiger partial charge is 0.496 e. The molecule has 1 aliphatic heterocycles. The third kappa shape index (κ3) is 2.91. The minimum absolute atomic E-state index is 0.131. The number of nitrogens with one attached hydrogen (secondary N) is 1. The lowest BCUT2D eigenvalue weighted by molar-refractivity contribution is -0.129. The Bertz CT molecular complexity index is 1090. The third-order valence-electron chi connectivity index (χ3n) is 6.54. The van der Waals surface area contributed by atoms with Crippen molar-refractivity contribution in [3.63, 3.8) is 0 Å². The number of benzene rings is 3. The van der Waals surface area contributed by atoms with Crippen molar-refractivity contribution < 1.29 is 14.3 Å². The third-order valence-corrected chi connectivity index (χ3v) is 6.54. The van der Waals surface area contributed by atoms with Gasteiger partial charge in [-0.05, 0) is 29.7 Å². The average molecular weight is 399 g/mol. The Morgan fingerprint density at radius 2 is 1.27 bits per heavy atom. The molecule has 4 heteroatoms. The number of rotatable bonds is 4. The predicted octanol–water partition coefficient (Wildman–Crippen LogP) is 4.61. The van der Waals surface area contributed by atoms with Gasteiger partial charge in [0.1, 0.15) is 17.3 Å². The van der Waals surface area contributed by atoms with Crippen molar-refractivity contribution in [1.82, 2.24) is 5.32 Å². The summed E-state index contributed by atoms with van der Waals surface area (Å²) in [5.41, 5.74) is 4.42. The molecule has 4 atom stereocenters. The molecule has 1 N–H and O–H groups in total. The summed E-state index contributed by atoms with van der Waals surface area (Å²) >= 11 is 0. The number of hydrogen-bond acceptors (Lipinski definition) is 4. The van der Waals surface area contributed by atoms with Crippen LogP contribution in [0.2, 0.25) is 0 Å². The van der Waals surface area contributed by atoms with Gasteiger partial charge >= 0.3 is 0 Å². The van der Waals surface area contributed by atoms with E-state index < -0.39 is 0 Å². The van der Waals surface area contributed by atoms with Gasteiger partial charge in [-0.2, -0.15) is 0 Å². The van der Waals surface area contributed by atoms with Crippen LogP contribution in [0.4, 0.5) is 0 Å². The van der Waals surface area contributed by atoms with Gasteiger partial charge in [0.15, 0.2) is 0 Å². The van der Waals surface area contributed by atoms with Crippen LogP contribution >= 0.6 is 0 Å². The van der Waals surface area contributed by atoms with Crippen molar-refractivity contribution in [1.29, 1.82) is 0 Å². The lowest BCUT2D eigenvalue weighted by Gasteiger charge is -2.46. The highest BCUT2D eigenvalue weighted by Crippen LogP contribution is 2.51. The van der Waals surface area contributed by atoms with E-state index in [1.807, 2.05) is 42.5 Å². The summed E-state index contributed by atoms with van der Waals surface area (Å²) in [6, 6.07) is 24.0. The zero-order valence-electron chi connectivity index (χ0n) is 17.2. The minimum atomic E-state index is -0.234. The Labute approximate surface area is 176 Å². The summed E-state index contributed by atoms with van der Waals surface area (Å²) in [6.07, 6.45) is 0.736. The number of methoxy groups -OCH3 is 2. The first-order valence-electron chi connectivity index (χ1n) is 10.4. The first-order chi connectivity index (χ1) is 14.7. The van der Waals surface area contributed by atoms with Gasteiger partial charge in [-0.25, -0.2) is 0 Å². The van der Waals surface area contributed by atoms with E-state index in [0.717, 1.165) is 34.6 Å². The van der Waals surface area contributed by atoms with E-state index in [4.69, 9.17) is 9.47 Å². The topological polar surface area (TPSA) is 47.6 Å². The molecule has 2 aliphatic rings. The highest BCUT2D eigenvalue weighted by molar-refractivity contribution is 5.93. The number of hydrogen-bond donors (Lipinski definition) is 1. The number of carbonyl (C=O) groups excluding carboxylic acids is 1. The van der Waals surface area contributed by atoms with Gasteiger partial charge < -0.3 is 14.8 Å². The molecular formula is C26H25NO3. The molecular weight excluding hydrogens is 374 g/mol. The van der Waals surface area contributed by atoms with Crippen LogP contribution in [0, 0.1) is 5.92 Å². The van der Waals surface area contributed by atoms with E-state index in [1.165, 1.54) is 5.56 Å². The first-order valence-corrected chi connectivity index (χ1v) is 10.4. The van der Waals surface area contributed by atoms with Crippen LogP contribution in [0.15, 0.2) is 72.8 Å². The summed E-state index contributed by atoms with van der Waals surface area (Å²) in [7, 11) is 3.36. The Kier molecular flexibility index (Phi) is 4.80. The van der Waals surface area contributed by atoms with Crippen LogP contribution in [0.1, 0.15) is 40.3 Å². The van der Waals surface area contributed by atoms with Gasteiger partial charge in [0.05, 0.1) is 26.2 Å². The Morgan fingerprint density at radius 3 is 1.90 bits per heavy atom. The summed E-state index contributed by atoms with van der Waals surface area (Å²) in [4.78, 5) is 13.8. The molecule has 4 nitrogen and oxygen atoms in total. The molecule has 5 rings (SSSR count). The molecule has 0 aromatic heterocycles. The fraction of sp³-hybridized carbons (Fsp3) is 0.269. The van der Waals surface area contributed by atoms with Crippen LogP contribution in [-0.2, 0) is 11.2 Å². The Hall–Kier alpha value is -3.11. The lowest BCUT2D eigenvalue weighted by Crippen LogP contribution is -2.50. The van der Waals surface area contributed by atoms with Crippen LogP contribution in [0.3, 0.4) is 0 Å². The zero-order chi connectivity index (χ0) is 20.7. The number of para-hydroxylation sites is 2. The summed E-state index contributed by atoms with van der Waals surface area (Å²) in [5.74, 6) is 1.52. The maximum absolute atomic E-state index is 13.8. The van der Waals surface area contributed by atoms with Crippen molar-refractivity contribution >= 4 is 5.78 Å². The van der Waals surface area contributed by atoms with Crippen LogP contribution in [0.25, 0.3) is 0 Å². The van der Waals surface area contributed by atoms with E-state index in [1.54, 1.807) is 14.2 Å². The molecule has 0 spiro atoms. The molecule has 1 fully saturated rings. The van der Waals surface area contributed by atoms with E-state index >= 15 is 0 Å². The second-order valence-electron chi connectivity index (χ2n) is 8.00. The van der Waals surface area contributed by atoms with E-state index in [0.29, 0.717) is 5.78 Å². The standard InChI is InChI=1S/C26H25NO3/c1-29-21-13-7-5-11-18(21)24-20-15-16-9-3-4-10-17(16)23(26(20)28)25(27-24)19-12-6-8-14-22(19)30-2/h3-14,20,23-25,27H,15H2,1-2H3/t20-,23+,24?,25?/m1/s1. The molecule has 0 saturated carbocycles. The van der Waals surface area contributed by atoms with Crippen molar-refractivity contribution in [2.45, 2.75) is 24.4 Å². The molecule has 2 unspecified atom stereocenters. The van der Waals surface area contributed by atoms with Crippen LogP contribution < -0.4 is 14.8 Å². The number of Topliss-reactive ketones (excluding diaryl/α,β-unsaturated/α-hetero) is 1. The average Bonchev–Trinajstić information content (AvgIpc) is 2.79. The SMILES string of the molecule is COc1ccccc1C1NC(c2ccccc2OC)[C@H]2C(=O)[C@@H]1Cc1ccccc12. The Morgan fingerprint density at radius 1 is 0.733 bits per heavy atom. The molecule has 1 aliphatic carbocycles. The molecule has 1 heterocycles. The van der Waals surface area contributed by atoms with Crippen LogP contribution in [0.5, 0.6) is 11.5 Å². The number of ketones is 1. The van der Waals surface area contributed by atoms with Crippen LogP contribution in [-0.4, -0.2) is 20.0 Å². The van der Waals surface area contributed by atoms with E-state index in [-0.39, 0.29) is 23.9 Å². The van der Waals surface area contributed by atoms with E-state index in [2.05, 4.69) is 35.6 Å². The lowest BCUT2D eigenvalue weighted by atomic mass is 9.65. The fourth-order valence-corrected chi connectivity index (χ4v) is 5.20. The molecule has 2 bridgehead atoms. The maximum atomic E-state index is 13.8. The number of carbonyl (C=O) groups is 1. The maximum Gasteiger partial charge on any atom is 0.147 e. The van der Waals surface area contributed by atoms with Crippen molar-refractivity contribution in [2.24, 2.45) is 5.92 Å². The highest BCUT2D eigenvalue weighted by atomic mass is 16.5. The summed E-state index contributed by atoms with van der Waals surface area (Å²) in [6.45, 7) is 0. The number of ether oxygens (including phenoxy) is 2. The van der Waals surface area contributed by atoms with Gasteiger partial charge in [-0.15, -0.1) is 0 Å². The number of fused-ring (bicyclic) bond motifs is 4. The van der Waals surface area contributed by atoms with Gasteiger partial charge in [0.25, 0.3) is 0 Å². The highest BCUT2D eigenvalue weighted by Gasteiger charge is 2.49. The van der Waals surface area contributed by atoms with Gasteiger partial charge in [0, 0.05) is 23.1 Å². The van der Waals surface area contributed by atoms with Gasteiger partial charge in [-0.3, -0.25) is 4.79 Å². The smallest absolute Gasteiger partial charge is 0.147 e. The Balaban J connectivity index is 1.70. The van der Waals surface area contributed by atoms with Gasteiger partial charge in [-0.1, -0.05) is 60.7 Å². The summed E-state index contributed by atoms with van der Waals surface area (Å²) < 4.78 is 11.3. The predicted molar refractivity (Wildman–Crippen MR) is 116 cm³/mol. The molecule has 0 radical (unpaired) electrons. The molecule has 3 aromatic carbocycles. The monoisotopic (exact) mass is 399 g/mol. The molecule has 30 heavy (non-hydrogen) atoms. The molecule has 1 saturated heterocycles. The minimum Gasteiger partial charge on any atom is -0.496 e. The fourth-order valence-electron chi connectivity index (χ4n) is 5.20. The summed E-state index contributed by atoms with van der Waals surface area (Å²) in [5, 5.41) is 3.83. The first kappa shape index (κ1) is 18.9. The molecule has 0 amide bonds. The van der Waals surface area contributed by atoms with Crippen molar-refractivity contribution in [2.75, 3.05) is 14.2 Å².